The molecule has 0 aliphatic carbocycles. The molecule has 98 valence electrons. The Kier molecular flexibility index (Phi) is 4.06. The van der Waals surface area contributed by atoms with Crippen LogP contribution in [0.25, 0.3) is 0 Å². The first-order chi connectivity index (χ1) is 9.10. The Morgan fingerprint density at radius 1 is 1.21 bits per heavy atom. The third kappa shape index (κ3) is 3.26. The summed E-state index contributed by atoms with van der Waals surface area (Å²) in [6, 6.07) is 12.3. The maximum atomic E-state index is 12.1. The highest BCUT2D eigenvalue weighted by molar-refractivity contribution is 9.10. The summed E-state index contributed by atoms with van der Waals surface area (Å²) in [7, 11) is 1.54. The first-order valence-electron chi connectivity index (χ1n) is 5.60. The topological polar surface area (TPSA) is 64.3 Å². The van der Waals surface area contributed by atoms with Crippen molar-refractivity contribution in [1.29, 1.82) is 0 Å². The van der Waals surface area contributed by atoms with Crippen LogP contribution in [-0.2, 0) is 0 Å². The maximum absolute atomic E-state index is 12.1. The van der Waals surface area contributed by atoms with Gasteiger partial charge in [-0.15, -0.1) is 0 Å². The van der Waals surface area contributed by atoms with Crippen LogP contribution in [-0.4, -0.2) is 13.0 Å². The van der Waals surface area contributed by atoms with E-state index < -0.39 is 0 Å². The molecule has 0 atom stereocenters. The van der Waals surface area contributed by atoms with Gasteiger partial charge in [0.25, 0.3) is 5.91 Å². The number of nitrogen functional groups attached to an aromatic ring is 1. The molecule has 0 saturated heterocycles. The molecule has 3 N–H and O–H groups in total. The predicted octanol–water partition coefficient (Wildman–Crippen LogP) is 3.29. The number of rotatable bonds is 3. The average Bonchev–Trinajstić information content (AvgIpc) is 2.42. The lowest BCUT2D eigenvalue weighted by atomic mass is 10.1. The minimum Gasteiger partial charge on any atom is -0.497 e. The number of hydrogen-bond acceptors (Lipinski definition) is 3. The number of ether oxygens (including phenoxy) is 1. The van der Waals surface area contributed by atoms with E-state index in [1.54, 1.807) is 37.4 Å². The number of hydrogen-bond donors (Lipinski definition) is 2. The van der Waals surface area contributed by atoms with Crippen molar-refractivity contribution in [2.24, 2.45) is 0 Å². The minimum atomic E-state index is -0.265. The van der Waals surface area contributed by atoms with Crippen molar-refractivity contribution in [2.75, 3.05) is 18.2 Å². The minimum absolute atomic E-state index is 0.265. The Labute approximate surface area is 119 Å². The molecule has 0 spiro atoms. The number of carbonyl (C=O) groups is 1. The Balaban J connectivity index is 2.22. The van der Waals surface area contributed by atoms with Crippen molar-refractivity contribution in [2.45, 2.75) is 0 Å². The van der Waals surface area contributed by atoms with E-state index in [1.807, 2.05) is 12.1 Å². The second-order valence-electron chi connectivity index (χ2n) is 3.91. The number of carbonyl (C=O) groups excluding carboxylic acids is 1. The molecule has 5 heteroatoms. The van der Waals surface area contributed by atoms with Crippen LogP contribution >= 0.6 is 15.9 Å². The lowest BCUT2D eigenvalue weighted by Crippen LogP contribution is -2.14. The van der Waals surface area contributed by atoms with Crippen molar-refractivity contribution in [3.05, 3.63) is 52.5 Å². The second-order valence-corrected chi connectivity index (χ2v) is 4.83. The monoisotopic (exact) mass is 320 g/mol. The van der Waals surface area contributed by atoms with Crippen molar-refractivity contribution in [1.82, 2.24) is 0 Å². The highest BCUT2D eigenvalue weighted by Gasteiger charge is 2.11. The number of methoxy groups -OCH3 is 1. The largest absolute Gasteiger partial charge is 0.497 e. The number of anilines is 2. The molecular weight excluding hydrogens is 308 g/mol. The molecule has 0 saturated carbocycles. The van der Waals surface area contributed by atoms with Crippen LogP contribution in [0.5, 0.6) is 5.75 Å². The summed E-state index contributed by atoms with van der Waals surface area (Å²) in [6.07, 6.45) is 0. The quantitative estimate of drug-likeness (QED) is 0.853. The first-order valence-corrected chi connectivity index (χ1v) is 6.40. The van der Waals surface area contributed by atoms with Crippen LogP contribution in [0, 0.1) is 0 Å². The fourth-order valence-electron chi connectivity index (χ4n) is 1.59. The van der Waals surface area contributed by atoms with Gasteiger partial charge >= 0.3 is 0 Å². The summed E-state index contributed by atoms with van der Waals surface area (Å²) in [5.74, 6) is 0.328. The molecule has 0 radical (unpaired) electrons. The molecule has 0 bridgehead atoms. The fraction of sp³-hybridized carbons (Fsp3) is 0.0714. The molecule has 0 aliphatic heterocycles. The molecule has 2 rings (SSSR count). The molecular formula is C14H13BrN2O2. The van der Waals surface area contributed by atoms with Gasteiger partial charge in [0.05, 0.1) is 12.7 Å². The molecule has 4 nitrogen and oxygen atoms in total. The molecule has 1 amide bonds. The molecule has 0 heterocycles. The van der Waals surface area contributed by atoms with Gasteiger partial charge in [-0.3, -0.25) is 4.79 Å². The summed E-state index contributed by atoms with van der Waals surface area (Å²) in [6.45, 7) is 0. The normalized spacial score (nSPS) is 10.0. The maximum Gasteiger partial charge on any atom is 0.257 e. The van der Waals surface area contributed by atoms with Crippen LogP contribution in [0.4, 0.5) is 11.4 Å². The van der Waals surface area contributed by atoms with E-state index in [0.717, 1.165) is 4.47 Å². The third-order valence-corrected chi connectivity index (χ3v) is 3.14. The van der Waals surface area contributed by atoms with E-state index in [2.05, 4.69) is 21.2 Å². The number of nitrogens with one attached hydrogen (secondary N) is 1. The number of nitrogens with two attached hydrogens (primary N) is 1. The van der Waals surface area contributed by atoms with E-state index in [4.69, 9.17) is 10.5 Å². The van der Waals surface area contributed by atoms with Gasteiger partial charge in [-0.05, 0) is 42.5 Å². The number of halogens is 1. The van der Waals surface area contributed by atoms with Crippen LogP contribution in [0.1, 0.15) is 10.4 Å². The highest BCUT2D eigenvalue weighted by Crippen LogP contribution is 2.21. The Bertz CT molecular complexity index is 597. The molecule has 0 fully saturated rings. The van der Waals surface area contributed by atoms with Gasteiger partial charge in [-0.25, -0.2) is 0 Å². The zero-order valence-corrected chi connectivity index (χ0v) is 11.9. The van der Waals surface area contributed by atoms with Gasteiger partial charge in [0, 0.05) is 15.8 Å². The average molecular weight is 321 g/mol. The number of amides is 1. The van der Waals surface area contributed by atoms with Crippen molar-refractivity contribution >= 4 is 33.2 Å². The molecule has 0 aromatic heterocycles. The molecule has 0 unspecified atom stereocenters. The van der Waals surface area contributed by atoms with Crippen molar-refractivity contribution in [3.63, 3.8) is 0 Å². The van der Waals surface area contributed by atoms with Gasteiger partial charge in [-0.2, -0.15) is 0 Å². The van der Waals surface area contributed by atoms with Gasteiger partial charge in [-0.1, -0.05) is 15.9 Å². The van der Waals surface area contributed by atoms with Crippen molar-refractivity contribution < 1.29 is 9.53 Å². The predicted molar refractivity (Wildman–Crippen MR) is 79.5 cm³/mol. The van der Waals surface area contributed by atoms with Crippen LogP contribution < -0.4 is 15.8 Å². The smallest absolute Gasteiger partial charge is 0.257 e. The zero-order chi connectivity index (χ0) is 13.8. The Morgan fingerprint density at radius 2 is 1.89 bits per heavy atom. The molecule has 0 aliphatic rings. The second kappa shape index (κ2) is 5.75. The molecule has 2 aromatic rings. The SMILES string of the molecule is COc1ccc(N)c(C(=O)Nc2ccc(Br)cc2)c1. The lowest BCUT2D eigenvalue weighted by molar-refractivity contribution is 0.102. The van der Waals surface area contributed by atoms with Crippen LogP contribution in [0.2, 0.25) is 0 Å². The van der Waals surface area contributed by atoms with Gasteiger partial charge < -0.3 is 15.8 Å². The zero-order valence-electron chi connectivity index (χ0n) is 10.3. The van der Waals surface area contributed by atoms with E-state index in [1.165, 1.54) is 0 Å². The fourth-order valence-corrected chi connectivity index (χ4v) is 1.85. The summed E-state index contributed by atoms with van der Waals surface area (Å²) < 4.78 is 6.03. The number of benzene rings is 2. The van der Waals surface area contributed by atoms with Crippen LogP contribution in [0.15, 0.2) is 46.9 Å². The Morgan fingerprint density at radius 3 is 2.53 bits per heavy atom. The third-order valence-electron chi connectivity index (χ3n) is 2.61. The molecule has 19 heavy (non-hydrogen) atoms. The summed E-state index contributed by atoms with van der Waals surface area (Å²) in [4.78, 5) is 12.1. The Hall–Kier alpha value is -2.01. The van der Waals surface area contributed by atoms with E-state index in [9.17, 15) is 4.79 Å². The van der Waals surface area contributed by atoms with E-state index in [0.29, 0.717) is 22.7 Å². The van der Waals surface area contributed by atoms with Crippen molar-refractivity contribution in [3.8, 4) is 5.75 Å². The van der Waals surface area contributed by atoms with Gasteiger partial charge in [0.1, 0.15) is 5.75 Å². The standard InChI is InChI=1S/C14H13BrN2O2/c1-19-11-6-7-13(16)12(8-11)14(18)17-10-4-2-9(15)3-5-10/h2-8H,16H2,1H3,(H,17,18). The van der Waals surface area contributed by atoms with Gasteiger partial charge in [0.2, 0.25) is 0 Å². The van der Waals surface area contributed by atoms with E-state index in [-0.39, 0.29) is 5.91 Å². The summed E-state index contributed by atoms with van der Waals surface area (Å²) in [5.41, 5.74) is 7.31. The summed E-state index contributed by atoms with van der Waals surface area (Å²) >= 11 is 3.34. The lowest BCUT2D eigenvalue weighted by Gasteiger charge is -2.09. The molecule has 2 aromatic carbocycles. The van der Waals surface area contributed by atoms with Crippen LogP contribution in [0.3, 0.4) is 0 Å². The first kappa shape index (κ1) is 13.4. The highest BCUT2D eigenvalue weighted by atomic mass is 79.9. The van der Waals surface area contributed by atoms with Gasteiger partial charge in [0.15, 0.2) is 0 Å². The van der Waals surface area contributed by atoms with E-state index >= 15 is 0 Å². The summed E-state index contributed by atoms with van der Waals surface area (Å²) in [5, 5.41) is 2.78.